The largest absolute Gasteiger partial charge is 0.481 e. The molecule has 4 aromatic rings. The Labute approximate surface area is 274 Å². The number of benzene rings is 1. The van der Waals surface area contributed by atoms with Gasteiger partial charge in [0.05, 0.1) is 45.9 Å². The van der Waals surface area contributed by atoms with Gasteiger partial charge in [0, 0.05) is 73.8 Å². The van der Waals surface area contributed by atoms with Gasteiger partial charge in [-0.1, -0.05) is 35.3 Å². The second kappa shape index (κ2) is 15.1. The number of nitrogens with one attached hydrogen (secondary N) is 4. The molecule has 14 heteroatoms. The minimum absolute atomic E-state index is 0.00694. The number of hydrogen-bond acceptors (Lipinski definition) is 9. The Bertz CT molecular complexity index is 1730. The molecule has 1 aromatic carbocycles. The topological polar surface area (TPSA) is 133 Å². The molecule has 0 radical (unpaired) electrons. The molecule has 1 aliphatic rings. The first-order valence-corrected chi connectivity index (χ1v) is 15.4. The van der Waals surface area contributed by atoms with Gasteiger partial charge in [-0.25, -0.2) is 18.7 Å². The highest BCUT2D eigenvalue weighted by Crippen LogP contribution is 2.41. The number of hydrogen-bond donors (Lipinski definition) is 5. The number of halogens is 4. The molecular weight excluding hydrogens is 639 g/mol. The summed E-state index contributed by atoms with van der Waals surface area (Å²) in [6.45, 7) is 2.78. The third-order valence-corrected chi connectivity index (χ3v) is 8.19. The number of rotatable bonds is 13. The van der Waals surface area contributed by atoms with Gasteiger partial charge in [-0.3, -0.25) is 9.78 Å². The first kappa shape index (κ1) is 33.4. The zero-order valence-corrected chi connectivity index (χ0v) is 26.6. The number of aromatic nitrogens is 3. The van der Waals surface area contributed by atoms with Crippen molar-refractivity contribution in [3.63, 3.8) is 0 Å². The van der Waals surface area contributed by atoms with Gasteiger partial charge in [0.1, 0.15) is 5.82 Å². The smallest absolute Gasteiger partial charge is 0.221 e. The van der Waals surface area contributed by atoms with Crippen molar-refractivity contribution in [2.24, 2.45) is 0 Å². The van der Waals surface area contributed by atoms with Gasteiger partial charge in [0.15, 0.2) is 11.6 Å². The lowest BCUT2D eigenvalue weighted by Gasteiger charge is -2.16. The van der Waals surface area contributed by atoms with E-state index in [-0.39, 0.29) is 58.0 Å². The number of carbonyl (C=O) groups excluding carboxylic acids is 1. The number of nitrogens with zero attached hydrogens (tertiary/aromatic N) is 3. The summed E-state index contributed by atoms with van der Waals surface area (Å²) in [4.78, 5) is 24.5. The average Bonchev–Trinajstić information content (AvgIpc) is 3.45. The van der Waals surface area contributed by atoms with E-state index < -0.39 is 17.7 Å². The summed E-state index contributed by atoms with van der Waals surface area (Å²) in [7, 11) is 1.41. The molecule has 4 heterocycles. The van der Waals surface area contributed by atoms with Crippen LogP contribution in [0.25, 0.3) is 22.5 Å². The van der Waals surface area contributed by atoms with Crippen molar-refractivity contribution in [1.29, 1.82) is 0 Å². The van der Waals surface area contributed by atoms with E-state index in [1.165, 1.54) is 25.6 Å². The van der Waals surface area contributed by atoms with Crippen molar-refractivity contribution in [2.45, 2.75) is 45.0 Å². The molecule has 46 heavy (non-hydrogen) atoms. The third-order valence-electron chi connectivity index (χ3n) is 7.40. The van der Waals surface area contributed by atoms with Gasteiger partial charge in [0.2, 0.25) is 11.8 Å². The average molecular weight is 673 g/mol. The summed E-state index contributed by atoms with van der Waals surface area (Å²) in [5, 5.41) is 21.8. The fourth-order valence-corrected chi connectivity index (χ4v) is 5.65. The predicted octanol–water partition coefficient (Wildman–Crippen LogP) is 5.38. The molecule has 0 unspecified atom stereocenters. The lowest BCUT2D eigenvalue weighted by Crippen LogP contribution is -2.35. The van der Waals surface area contributed by atoms with Crippen molar-refractivity contribution in [3.05, 3.63) is 81.6 Å². The lowest BCUT2D eigenvalue weighted by molar-refractivity contribution is -0.119. The molecule has 5 N–H and O–H groups in total. The maximum atomic E-state index is 15.4. The van der Waals surface area contributed by atoms with Crippen LogP contribution in [0.4, 0.5) is 20.3 Å². The number of carbonyl (C=O) groups is 1. The number of amides is 1. The molecule has 1 fully saturated rings. The molecule has 1 aliphatic heterocycles. The zero-order valence-electron chi connectivity index (χ0n) is 25.1. The first-order chi connectivity index (χ1) is 22.2. The fraction of sp³-hybridized carbons (Fsp3) is 0.312. The maximum absolute atomic E-state index is 15.4. The van der Waals surface area contributed by atoms with E-state index in [4.69, 9.17) is 27.9 Å². The Morgan fingerprint density at radius 2 is 1.89 bits per heavy atom. The van der Waals surface area contributed by atoms with Crippen LogP contribution in [-0.2, 0) is 17.9 Å². The maximum Gasteiger partial charge on any atom is 0.221 e. The summed E-state index contributed by atoms with van der Waals surface area (Å²) in [5.74, 6) is -1.03. The van der Waals surface area contributed by atoms with E-state index in [1.807, 2.05) is 0 Å². The second-order valence-corrected chi connectivity index (χ2v) is 11.6. The van der Waals surface area contributed by atoms with Crippen LogP contribution in [-0.4, -0.2) is 58.3 Å². The summed E-state index contributed by atoms with van der Waals surface area (Å²) in [6, 6.07) is 9.51. The first-order valence-electron chi connectivity index (χ1n) is 14.6. The summed E-state index contributed by atoms with van der Waals surface area (Å²) < 4.78 is 36.1. The minimum Gasteiger partial charge on any atom is -0.481 e. The Kier molecular flexibility index (Phi) is 11.0. The van der Waals surface area contributed by atoms with E-state index in [0.717, 1.165) is 6.42 Å². The molecule has 0 saturated carbocycles. The summed E-state index contributed by atoms with van der Waals surface area (Å²) in [5.41, 5.74) is 2.35. The number of methoxy groups -OCH3 is 1. The fourth-order valence-electron chi connectivity index (χ4n) is 5.08. The summed E-state index contributed by atoms with van der Waals surface area (Å²) in [6.07, 6.45) is 3.62. The number of anilines is 2. The monoisotopic (exact) mass is 671 g/mol. The van der Waals surface area contributed by atoms with Crippen molar-refractivity contribution in [3.8, 4) is 28.4 Å². The van der Waals surface area contributed by atoms with E-state index in [0.29, 0.717) is 47.6 Å². The Morgan fingerprint density at radius 3 is 2.63 bits per heavy atom. The number of ether oxygens (including phenoxy) is 1. The van der Waals surface area contributed by atoms with Crippen molar-refractivity contribution >= 4 is 40.6 Å². The van der Waals surface area contributed by atoms with E-state index in [9.17, 15) is 9.90 Å². The molecule has 5 rings (SSSR count). The van der Waals surface area contributed by atoms with Gasteiger partial charge in [-0.05, 0) is 31.5 Å². The van der Waals surface area contributed by atoms with Gasteiger partial charge in [-0.2, -0.15) is 0 Å². The van der Waals surface area contributed by atoms with E-state index in [1.54, 1.807) is 37.3 Å². The van der Waals surface area contributed by atoms with Gasteiger partial charge in [-0.15, -0.1) is 0 Å². The minimum atomic E-state index is -0.569. The standard InChI is InChI=1S/C32H33Cl2F2N7O3/c1-17(44)13-37-14-18-8-10-40-31(29(18)36)42-24-5-3-4-21(27(24)33)30-28(34)20(9-11-39-30)25-12-23(35)22(32(43-25)46-2)16-38-15-19-6-7-26(45)41-19/h3-5,8-12,17,19,37-38,44H,6-7,13-16H2,1-2H3,(H,40,42)(H,41,45)/t17-,19-/m0/s1. The van der Waals surface area contributed by atoms with Gasteiger partial charge >= 0.3 is 0 Å². The highest BCUT2D eigenvalue weighted by molar-refractivity contribution is 6.39. The van der Waals surface area contributed by atoms with Crippen LogP contribution in [0.1, 0.15) is 30.9 Å². The Balaban J connectivity index is 1.38. The highest BCUT2D eigenvalue weighted by atomic mass is 35.5. The quantitative estimate of drug-likeness (QED) is 0.127. The van der Waals surface area contributed by atoms with Crippen molar-refractivity contribution in [1.82, 2.24) is 30.9 Å². The molecule has 0 bridgehead atoms. The van der Waals surface area contributed by atoms with E-state index in [2.05, 4.69) is 36.2 Å². The van der Waals surface area contributed by atoms with E-state index >= 15 is 8.78 Å². The molecule has 3 aromatic heterocycles. The van der Waals surface area contributed by atoms with Crippen LogP contribution < -0.4 is 26.0 Å². The molecular formula is C32H33Cl2F2N7O3. The summed E-state index contributed by atoms with van der Waals surface area (Å²) >= 11 is 13.6. The van der Waals surface area contributed by atoms with Crippen LogP contribution >= 0.6 is 23.2 Å². The van der Waals surface area contributed by atoms with Gasteiger partial charge < -0.3 is 31.1 Å². The number of pyridine rings is 3. The number of aliphatic hydroxyl groups excluding tert-OH is 1. The van der Waals surface area contributed by atoms with Crippen LogP contribution in [0.3, 0.4) is 0 Å². The lowest BCUT2D eigenvalue weighted by atomic mass is 10.0. The molecule has 1 saturated heterocycles. The van der Waals surface area contributed by atoms with Crippen LogP contribution in [0, 0.1) is 11.6 Å². The molecule has 242 valence electrons. The van der Waals surface area contributed by atoms with Crippen molar-refractivity contribution < 1.29 is 23.4 Å². The van der Waals surface area contributed by atoms with Crippen LogP contribution in [0.15, 0.2) is 48.8 Å². The Hall–Kier alpha value is -3.94. The van der Waals surface area contributed by atoms with Crippen molar-refractivity contribution in [2.75, 3.05) is 25.5 Å². The van der Waals surface area contributed by atoms with Crippen LogP contribution in [0.5, 0.6) is 5.88 Å². The molecule has 10 nitrogen and oxygen atoms in total. The van der Waals surface area contributed by atoms with Gasteiger partial charge in [0.25, 0.3) is 0 Å². The third kappa shape index (κ3) is 7.71. The molecule has 0 spiro atoms. The SMILES string of the molecule is COc1nc(-c2ccnc(-c3cccc(Nc4nccc(CNC[C@H](C)O)c4F)c3Cl)c2Cl)cc(F)c1CNC[C@@H]1CCC(=O)N1. The highest BCUT2D eigenvalue weighted by Gasteiger charge is 2.23. The molecule has 1 amide bonds. The normalized spacial score (nSPS) is 15.1. The molecule has 0 aliphatic carbocycles. The number of aliphatic hydroxyl groups is 1. The zero-order chi connectivity index (χ0) is 32.8. The Morgan fingerprint density at radius 1 is 1.09 bits per heavy atom. The molecule has 2 atom stereocenters. The second-order valence-electron chi connectivity index (χ2n) is 10.8. The predicted molar refractivity (Wildman–Crippen MR) is 173 cm³/mol. The van der Waals surface area contributed by atoms with Crippen LogP contribution in [0.2, 0.25) is 10.0 Å².